The number of Topliss-reactive ketones (excluding diaryl/α,β-unsaturated/α-hetero) is 2. The van der Waals surface area contributed by atoms with Crippen LogP contribution < -0.4 is 5.32 Å². The van der Waals surface area contributed by atoms with Gasteiger partial charge in [-0.15, -0.1) is 0 Å². The minimum absolute atomic E-state index is 0.0286. The van der Waals surface area contributed by atoms with E-state index in [1.54, 1.807) is 6.92 Å². The third-order valence-corrected chi connectivity index (χ3v) is 6.12. The molecular formula is C23H28BCl2NO8. The molecule has 1 aromatic carbocycles. The van der Waals surface area contributed by atoms with E-state index in [4.69, 9.17) is 32.5 Å². The average Bonchev–Trinajstić information content (AvgIpc) is 2.76. The lowest BCUT2D eigenvalue weighted by Gasteiger charge is -2.39. The molecule has 1 saturated heterocycles. The molecule has 0 aliphatic carbocycles. The minimum atomic E-state index is -1.85. The Kier molecular flexibility index (Phi) is 10.3. The Labute approximate surface area is 214 Å². The predicted molar refractivity (Wildman–Crippen MR) is 129 cm³/mol. The summed E-state index contributed by atoms with van der Waals surface area (Å²) in [5.41, 5.74) is -1.73. The van der Waals surface area contributed by atoms with Gasteiger partial charge in [-0.05, 0) is 30.5 Å². The summed E-state index contributed by atoms with van der Waals surface area (Å²) in [6.45, 7) is 5.01. The van der Waals surface area contributed by atoms with Crippen LogP contribution in [0.4, 0.5) is 0 Å². The zero-order valence-electron chi connectivity index (χ0n) is 19.8. The molecule has 2 rings (SSSR count). The summed E-state index contributed by atoms with van der Waals surface area (Å²) in [5, 5.41) is 12.3. The number of hydrogen-bond acceptors (Lipinski definition) is 7. The summed E-state index contributed by atoms with van der Waals surface area (Å²) in [5.74, 6) is -4.14. The van der Waals surface area contributed by atoms with Crippen LogP contribution >= 0.6 is 23.2 Å². The van der Waals surface area contributed by atoms with E-state index in [2.05, 4.69) is 5.32 Å². The van der Waals surface area contributed by atoms with Crippen molar-refractivity contribution in [3.63, 3.8) is 0 Å². The first-order chi connectivity index (χ1) is 16.4. The van der Waals surface area contributed by atoms with Crippen LogP contribution in [0, 0.1) is 5.92 Å². The van der Waals surface area contributed by atoms with Crippen molar-refractivity contribution in [2.45, 2.75) is 64.3 Å². The molecule has 1 aromatic rings. The maximum absolute atomic E-state index is 12.7. The van der Waals surface area contributed by atoms with Gasteiger partial charge in [0, 0.05) is 23.7 Å². The fourth-order valence-corrected chi connectivity index (χ4v) is 4.40. The number of aliphatic carboxylic acids is 1. The summed E-state index contributed by atoms with van der Waals surface area (Å²) >= 11 is 11.9. The van der Waals surface area contributed by atoms with E-state index in [-0.39, 0.29) is 41.7 Å². The molecule has 1 aliphatic rings. The molecule has 190 valence electrons. The molecule has 2 atom stereocenters. The maximum atomic E-state index is 12.7. The van der Waals surface area contributed by atoms with E-state index < -0.39 is 55.0 Å². The van der Waals surface area contributed by atoms with Crippen LogP contribution in [-0.2, 0) is 28.5 Å². The van der Waals surface area contributed by atoms with Crippen molar-refractivity contribution in [2.24, 2.45) is 5.92 Å². The molecule has 35 heavy (non-hydrogen) atoms. The molecule has 0 aromatic heterocycles. The summed E-state index contributed by atoms with van der Waals surface area (Å²) in [7, 11) is -1.28. The van der Waals surface area contributed by atoms with Crippen molar-refractivity contribution < 1.29 is 38.4 Å². The number of carboxylic acids is 1. The average molecular weight is 528 g/mol. The quantitative estimate of drug-likeness (QED) is 0.392. The van der Waals surface area contributed by atoms with E-state index in [0.717, 1.165) is 0 Å². The summed E-state index contributed by atoms with van der Waals surface area (Å²) < 4.78 is 11.2. The van der Waals surface area contributed by atoms with E-state index in [1.165, 1.54) is 18.2 Å². The smallest absolute Gasteiger partial charge is 0.509 e. The predicted octanol–water partition coefficient (Wildman–Crippen LogP) is 3.74. The van der Waals surface area contributed by atoms with Gasteiger partial charge in [0.25, 0.3) is 11.9 Å². The lowest BCUT2D eigenvalue weighted by atomic mass is 9.63. The number of nitrogens with one attached hydrogen (secondary N) is 1. The second-order valence-electron chi connectivity index (χ2n) is 8.93. The van der Waals surface area contributed by atoms with Gasteiger partial charge in [0.1, 0.15) is 5.60 Å². The molecule has 0 unspecified atom stereocenters. The summed E-state index contributed by atoms with van der Waals surface area (Å²) in [4.78, 5) is 61.6. The third kappa shape index (κ3) is 8.05. The van der Waals surface area contributed by atoms with Crippen LogP contribution in [0.1, 0.15) is 63.2 Å². The molecule has 9 nitrogen and oxygen atoms in total. The number of carboxylic acid groups (broad SMARTS) is 1. The first kappa shape index (κ1) is 28.8. The Bertz CT molecular complexity index is 998. The second kappa shape index (κ2) is 12.5. The zero-order valence-corrected chi connectivity index (χ0v) is 21.3. The number of carbonyl (C=O) groups is 5. The molecule has 1 fully saturated rings. The third-order valence-electron chi connectivity index (χ3n) is 5.55. The number of hydrogen-bond donors (Lipinski definition) is 2. The Morgan fingerprint density at radius 3 is 2.51 bits per heavy atom. The van der Waals surface area contributed by atoms with Gasteiger partial charge in [-0.3, -0.25) is 24.0 Å². The SMILES string of the molecule is CCC(=O)[C@]1(CC(=O)O)CC(=O)OB([C@@H](CC(=O)CNC(=O)c2cc(Cl)ccc2Cl)CC(C)C)O1. The van der Waals surface area contributed by atoms with Crippen molar-refractivity contribution in [1.82, 2.24) is 5.32 Å². The van der Waals surface area contributed by atoms with Crippen LogP contribution in [0.2, 0.25) is 15.9 Å². The zero-order chi connectivity index (χ0) is 26.3. The van der Waals surface area contributed by atoms with E-state index in [1.807, 2.05) is 13.8 Å². The number of halogens is 2. The highest BCUT2D eigenvalue weighted by atomic mass is 35.5. The minimum Gasteiger partial charge on any atom is -0.509 e. The molecule has 1 aliphatic heterocycles. The van der Waals surface area contributed by atoms with Gasteiger partial charge in [-0.25, -0.2) is 0 Å². The fraction of sp³-hybridized carbons (Fsp3) is 0.522. The van der Waals surface area contributed by atoms with Crippen LogP contribution in [0.25, 0.3) is 0 Å². The summed E-state index contributed by atoms with van der Waals surface area (Å²) in [6.07, 6.45) is -0.977. The molecule has 0 spiro atoms. The lowest BCUT2D eigenvalue weighted by Crippen LogP contribution is -2.55. The highest BCUT2D eigenvalue weighted by molar-refractivity contribution is 6.50. The standard InChI is InChI=1S/C23H28BCl2NO8/c1-4-19(29)23(10-20(30)31)11-21(32)34-24(35-23)14(7-13(2)3)8-16(28)12-27-22(33)17-9-15(25)5-6-18(17)26/h5-6,9,13-14H,4,7-8,10-12H2,1-3H3,(H,27,33)(H,30,31)/t14-,23+/m1/s1. The van der Waals surface area contributed by atoms with Crippen molar-refractivity contribution >= 4 is 59.7 Å². The molecule has 12 heteroatoms. The number of carbonyl (C=O) groups excluding carboxylic acids is 4. The van der Waals surface area contributed by atoms with E-state index >= 15 is 0 Å². The molecule has 2 N–H and O–H groups in total. The Balaban J connectivity index is 2.16. The van der Waals surface area contributed by atoms with Crippen LogP contribution in [0.15, 0.2) is 18.2 Å². The molecule has 1 amide bonds. The van der Waals surface area contributed by atoms with Crippen molar-refractivity contribution in [3.05, 3.63) is 33.8 Å². The lowest BCUT2D eigenvalue weighted by molar-refractivity contribution is -0.163. The van der Waals surface area contributed by atoms with Gasteiger partial charge in [-0.1, -0.05) is 44.0 Å². The largest absolute Gasteiger partial charge is 0.531 e. The fourth-order valence-electron chi connectivity index (χ4n) is 4.02. The van der Waals surface area contributed by atoms with Gasteiger partial charge in [0.2, 0.25) is 0 Å². The topological polar surface area (TPSA) is 136 Å². The molecule has 0 saturated carbocycles. The molecular weight excluding hydrogens is 500 g/mol. The van der Waals surface area contributed by atoms with Gasteiger partial charge >= 0.3 is 13.1 Å². The maximum Gasteiger partial charge on any atom is 0.531 e. The Morgan fingerprint density at radius 1 is 1.23 bits per heavy atom. The van der Waals surface area contributed by atoms with Crippen molar-refractivity contribution in [1.29, 1.82) is 0 Å². The number of rotatable bonds is 12. The van der Waals surface area contributed by atoms with E-state index in [0.29, 0.717) is 11.4 Å². The highest BCUT2D eigenvalue weighted by Crippen LogP contribution is 2.36. The summed E-state index contributed by atoms with van der Waals surface area (Å²) in [6, 6.07) is 4.38. The van der Waals surface area contributed by atoms with Gasteiger partial charge in [0.15, 0.2) is 11.6 Å². The van der Waals surface area contributed by atoms with Crippen LogP contribution in [-0.4, -0.2) is 53.8 Å². The van der Waals surface area contributed by atoms with Crippen LogP contribution in [0.3, 0.4) is 0 Å². The van der Waals surface area contributed by atoms with Gasteiger partial charge < -0.3 is 19.7 Å². The van der Waals surface area contributed by atoms with Gasteiger partial charge in [-0.2, -0.15) is 0 Å². The first-order valence-corrected chi connectivity index (χ1v) is 12.0. The Morgan fingerprint density at radius 2 is 1.91 bits per heavy atom. The van der Waals surface area contributed by atoms with E-state index in [9.17, 15) is 29.1 Å². The monoisotopic (exact) mass is 527 g/mol. The number of amides is 1. The first-order valence-electron chi connectivity index (χ1n) is 11.2. The number of benzene rings is 1. The Hall–Kier alpha value is -2.43. The highest BCUT2D eigenvalue weighted by Gasteiger charge is 2.53. The van der Waals surface area contributed by atoms with Crippen molar-refractivity contribution in [2.75, 3.05) is 6.54 Å². The van der Waals surface area contributed by atoms with Gasteiger partial charge in [0.05, 0.1) is 30.0 Å². The number of ketones is 2. The second-order valence-corrected chi connectivity index (χ2v) is 9.78. The molecule has 0 bridgehead atoms. The molecule has 0 radical (unpaired) electrons. The molecule has 1 heterocycles. The van der Waals surface area contributed by atoms with Crippen molar-refractivity contribution in [3.8, 4) is 0 Å². The van der Waals surface area contributed by atoms with Crippen LogP contribution in [0.5, 0.6) is 0 Å². The normalized spacial score (nSPS) is 18.7.